The lowest BCUT2D eigenvalue weighted by molar-refractivity contribution is -0.162. The second kappa shape index (κ2) is 17.3. The van der Waals surface area contributed by atoms with Crippen LogP contribution >= 0.6 is 0 Å². The van der Waals surface area contributed by atoms with Crippen LogP contribution in [-0.4, -0.2) is 81.0 Å². The van der Waals surface area contributed by atoms with Crippen molar-refractivity contribution < 1.29 is 33.3 Å². The van der Waals surface area contributed by atoms with E-state index in [1.54, 1.807) is 27.7 Å². The molecule has 42 heavy (non-hydrogen) atoms. The molecule has 0 aliphatic rings. The number of amides is 2. The summed E-state index contributed by atoms with van der Waals surface area (Å²) in [4.78, 5) is 40.6. The lowest BCUT2D eigenvalue weighted by atomic mass is 9.87. The fourth-order valence-electron chi connectivity index (χ4n) is 3.89. The maximum Gasteiger partial charge on any atom is 0.408 e. The monoisotopic (exact) mass is 627 g/mol. The van der Waals surface area contributed by atoms with E-state index >= 15 is 0 Å². The summed E-state index contributed by atoms with van der Waals surface area (Å²) < 4.78 is 23.0. The minimum Gasteiger partial charge on any atom is -0.458 e. The topological polar surface area (TPSA) is 112 Å². The number of hydrogen-bond acceptors (Lipinski definition) is 7. The van der Waals surface area contributed by atoms with Gasteiger partial charge in [-0.25, -0.2) is 9.59 Å². The molecule has 2 N–H and O–H groups in total. The summed E-state index contributed by atoms with van der Waals surface area (Å²) in [5, 5.41) is 5.75. The lowest BCUT2D eigenvalue weighted by Gasteiger charge is -2.38. The molecule has 240 valence electrons. The summed E-state index contributed by atoms with van der Waals surface area (Å²) in [5.74, 6) is -0.709. The average Bonchev–Trinajstić information content (AvgIpc) is 2.86. The van der Waals surface area contributed by atoms with Gasteiger partial charge < -0.3 is 29.6 Å². The van der Waals surface area contributed by atoms with E-state index in [1.807, 2.05) is 44.2 Å². The summed E-state index contributed by atoms with van der Waals surface area (Å²) in [7, 11) is -1.34. The van der Waals surface area contributed by atoms with E-state index < -0.39 is 49.3 Å². The zero-order valence-corrected chi connectivity index (χ0v) is 29.4. The summed E-state index contributed by atoms with van der Waals surface area (Å²) in [6.45, 7) is 18.1. The average molecular weight is 628 g/mol. The maximum atomic E-state index is 14.2. The second-order valence-corrected chi connectivity index (χ2v) is 21.5. The Labute approximate surface area is 257 Å². The minimum absolute atomic E-state index is 0.0366. The number of rotatable bonds is 17. The third-order valence-electron chi connectivity index (χ3n) is 6.55. The van der Waals surface area contributed by atoms with Gasteiger partial charge in [0.1, 0.15) is 30.8 Å². The molecule has 0 heterocycles. The Morgan fingerprint density at radius 1 is 1.00 bits per heavy atom. The Hall–Kier alpha value is -2.08. The Morgan fingerprint density at radius 2 is 1.62 bits per heavy atom. The van der Waals surface area contributed by atoms with Crippen molar-refractivity contribution in [2.45, 2.75) is 104 Å². The molecule has 0 fully saturated rings. The van der Waals surface area contributed by atoms with Crippen molar-refractivity contribution >= 4 is 36.9 Å². The maximum absolute atomic E-state index is 14.2. The van der Waals surface area contributed by atoms with Crippen molar-refractivity contribution in [2.24, 2.45) is 5.92 Å². The molecule has 0 saturated carbocycles. The number of benzene rings is 1. The molecule has 0 aliphatic carbocycles. The molecule has 0 spiro atoms. The number of hydrogen-bond donors (Lipinski definition) is 2. The van der Waals surface area contributed by atoms with Crippen molar-refractivity contribution in [1.29, 1.82) is 0 Å². The predicted molar refractivity (Wildman–Crippen MR) is 173 cm³/mol. The van der Waals surface area contributed by atoms with Gasteiger partial charge in [0.15, 0.2) is 5.54 Å². The number of ether oxygens (including phenoxy) is 4. The van der Waals surface area contributed by atoms with Gasteiger partial charge in [0.05, 0.1) is 18.6 Å². The number of nitrogens with one attached hydrogen (secondary N) is 2. The Morgan fingerprint density at radius 3 is 2.14 bits per heavy atom. The van der Waals surface area contributed by atoms with Gasteiger partial charge in [-0.3, -0.25) is 4.79 Å². The number of alkyl carbamates (subject to hydrolysis) is 1. The lowest BCUT2D eigenvalue weighted by Crippen LogP contribution is -2.68. The van der Waals surface area contributed by atoms with Crippen LogP contribution in [-0.2, 0) is 46.0 Å². The largest absolute Gasteiger partial charge is 0.458 e. The molecule has 1 rings (SSSR count). The van der Waals surface area contributed by atoms with Gasteiger partial charge in [0.25, 0.3) is 0 Å². The minimum atomic E-state index is -1.54. The van der Waals surface area contributed by atoms with Crippen LogP contribution in [0.25, 0.3) is 0 Å². The summed E-state index contributed by atoms with van der Waals surface area (Å²) in [6.07, 6.45) is 2.85. The first-order chi connectivity index (χ1) is 19.4. The molecule has 1 aromatic carbocycles. The molecule has 2 amide bonds. The zero-order valence-electron chi connectivity index (χ0n) is 27.6. The highest BCUT2D eigenvalue weighted by atomic mass is 32.2. The molecule has 0 aliphatic heterocycles. The van der Waals surface area contributed by atoms with Crippen LogP contribution in [0.3, 0.4) is 0 Å². The third-order valence-corrected chi connectivity index (χ3v) is 9.28. The first-order valence-electron chi connectivity index (χ1n) is 14.6. The van der Waals surface area contributed by atoms with E-state index in [2.05, 4.69) is 42.8 Å². The van der Waals surface area contributed by atoms with Crippen LogP contribution in [0.2, 0.25) is 25.7 Å². The van der Waals surface area contributed by atoms with Crippen molar-refractivity contribution in [2.75, 3.05) is 31.7 Å². The first kappa shape index (κ1) is 37.9. The molecule has 0 radical (unpaired) electrons. The molecular formula is C31H55N2O7SSi+. The fraction of sp³-hybridized carbons (Fsp3) is 0.710. The Balaban J connectivity index is 3.31. The van der Waals surface area contributed by atoms with Crippen LogP contribution in [0.4, 0.5) is 4.79 Å². The van der Waals surface area contributed by atoms with Gasteiger partial charge in [-0.05, 0) is 56.1 Å². The van der Waals surface area contributed by atoms with Crippen LogP contribution in [0.5, 0.6) is 0 Å². The molecular weight excluding hydrogens is 573 g/mol. The van der Waals surface area contributed by atoms with E-state index in [0.717, 1.165) is 11.6 Å². The highest BCUT2D eigenvalue weighted by Gasteiger charge is 2.49. The predicted octanol–water partition coefficient (Wildman–Crippen LogP) is 5.12. The molecule has 1 aromatic rings. The molecule has 0 bridgehead atoms. The van der Waals surface area contributed by atoms with Gasteiger partial charge in [-0.15, -0.1) is 0 Å². The molecule has 0 unspecified atom stereocenters. The van der Waals surface area contributed by atoms with Crippen LogP contribution in [0.1, 0.15) is 53.5 Å². The molecule has 3 atom stereocenters. The van der Waals surface area contributed by atoms with Gasteiger partial charge in [0.2, 0.25) is 5.91 Å². The molecule has 9 nitrogen and oxygen atoms in total. The molecule has 0 aromatic heterocycles. The van der Waals surface area contributed by atoms with Gasteiger partial charge in [-0.2, -0.15) is 0 Å². The van der Waals surface area contributed by atoms with Crippen LogP contribution < -0.4 is 10.6 Å². The van der Waals surface area contributed by atoms with Crippen molar-refractivity contribution in [3.05, 3.63) is 35.9 Å². The first-order valence-corrected chi connectivity index (χ1v) is 20.5. The zero-order chi connectivity index (χ0) is 32.1. The smallest absolute Gasteiger partial charge is 0.408 e. The Bertz CT molecular complexity index is 980. The van der Waals surface area contributed by atoms with Crippen LogP contribution in [0.15, 0.2) is 30.3 Å². The van der Waals surface area contributed by atoms with E-state index in [1.165, 1.54) is 0 Å². The van der Waals surface area contributed by atoms with Gasteiger partial charge in [-0.1, -0.05) is 63.8 Å². The Kier molecular flexibility index (Phi) is 15.6. The van der Waals surface area contributed by atoms with E-state index in [9.17, 15) is 14.4 Å². The quantitative estimate of drug-likeness (QED) is 0.0811. The van der Waals surface area contributed by atoms with E-state index in [4.69, 9.17) is 18.9 Å². The standard InChI is InChI=1S/C31H54N2O7SSi/c1-23(2)26(27(34)40-30(4,5)6)32-28(35)31(17-19-41(7)8,24(3)39-22-37-18-20-42(9,10)11)33-29(36)38-21-25-15-13-12-14-16-25/h12-16,23-24,26H,17-22H2,1-11H3,(H-,32,33,35,36)/p+1/t24-,26+,31-/m1/s1. The van der Waals surface area contributed by atoms with E-state index in [0.29, 0.717) is 12.4 Å². The van der Waals surface area contributed by atoms with Gasteiger partial charge >= 0.3 is 12.1 Å². The normalized spacial score (nSPS) is 15.1. The molecule has 0 saturated heterocycles. The summed E-state index contributed by atoms with van der Waals surface area (Å²) in [5.41, 5.74) is -1.45. The van der Waals surface area contributed by atoms with Crippen LogP contribution in [0, 0.1) is 5.92 Å². The van der Waals surface area contributed by atoms with Crippen molar-refractivity contribution in [3.63, 3.8) is 0 Å². The van der Waals surface area contributed by atoms with E-state index in [-0.39, 0.29) is 36.6 Å². The number of carbonyl (C=O) groups excluding carboxylic acids is 3. The van der Waals surface area contributed by atoms with Crippen molar-refractivity contribution in [3.8, 4) is 0 Å². The summed E-state index contributed by atoms with van der Waals surface area (Å²) in [6, 6.07) is 9.35. The van der Waals surface area contributed by atoms with Crippen molar-refractivity contribution in [1.82, 2.24) is 10.6 Å². The number of esters is 1. The molecule has 11 heteroatoms. The fourth-order valence-corrected chi connectivity index (χ4v) is 5.38. The summed E-state index contributed by atoms with van der Waals surface area (Å²) >= 11 is 0. The highest BCUT2D eigenvalue weighted by Crippen LogP contribution is 2.23. The SMILES string of the molecule is CC(C)[C@H](NC(=O)[C@](CC[S+](C)C)(NC(=O)OCc1ccccc1)[C@@H](C)OCOCC[Si](C)(C)C)C(=O)OC(C)(C)C. The second-order valence-electron chi connectivity index (χ2n) is 13.5. The highest BCUT2D eigenvalue weighted by molar-refractivity contribution is 7.95. The number of carbonyl (C=O) groups is 3. The third kappa shape index (κ3) is 14.4. The van der Waals surface area contributed by atoms with Gasteiger partial charge in [0, 0.05) is 21.1 Å².